The van der Waals surface area contributed by atoms with Crippen molar-refractivity contribution in [2.24, 2.45) is 17.3 Å². The van der Waals surface area contributed by atoms with Crippen LogP contribution in [-0.4, -0.2) is 25.8 Å². The highest BCUT2D eigenvalue weighted by Gasteiger charge is 2.26. The molecule has 0 bridgehead atoms. The van der Waals surface area contributed by atoms with Crippen LogP contribution < -0.4 is 5.32 Å². The lowest BCUT2D eigenvalue weighted by molar-refractivity contribution is 0.0497. The first kappa shape index (κ1) is 16.0. The number of rotatable bonds is 6. The van der Waals surface area contributed by atoms with Crippen molar-refractivity contribution in [2.45, 2.75) is 66.3 Å². The molecule has 1 fully saturated rings. The highest BCUT2D eigenvalue weighted by Crippen LogP contribution is 2.30. The highest BCUT2D eigenvalue weighted by molar-refractivity contribution is 4.81. The Morgan fingerprint density at radius 3 is 2.33 bits per heavy atom. The minimum absolute atomic E-state index is 0.450. The Balaban J connectivity index is 2.45. The molecule has 0 saturated carbocycles. The number of ether oxygens (including phenoxy) is 1. The summed E-state index contributed by atoms with van der Waals surface area (Å²) in [5, 5.41) is 3.71. The lowest BCUT2D eigenvalue weighted by Crippen LogP contribution is -2.40. The summed E-state index contributed by atoms with van der Waals surface area (Å²) in [6.07, 6.45) is 5.10. The molecule has 0 aromatic rings. The molecule has 0 aromatic heterocycles. The first-order chi connectivity index (χ1) is 8.42. The Morgan fingerprint density at radius 2 is 1.83 bits per heavy atom. The molecular weight excluding hydrogens is 222 g/mol. The average Bonchev–Trinajstić information content (AvgIpc) is 2.27. The van der Waals surface area contributed by atoms with Gasteiger partial charge in [0.15, 0.2) is 0 Å². The van der Waals surface area contributed by atoms with E-state index >= 15 is 0 Å². The molecule has 2 unspecified atom stereocenters. The molecule has 2 atom stereocenters. The number of nitrogens with one attached hydrogen (secondary N) is 1. The van der Waals surface area contributed by atoms with Crippen molar-refractivity contribution in [3.63, 3.8) is 0 Å². The second-order valence-corrected chi connectivity index (χ2v) is 7.22. The van der Waals surface area contributed by atoms with E-state index in [1.165, 1.54) is 25.7 Å². The molecule has 108 valence electrons. The maximum atomic E-state index is 5.49. The molecule has 0 aromatic carbocycles. The monoisotopic (exact) mass is 255 g/mol. The molecule has 18 heavy (non-hydrogen) atoms. The molecule has 1 rings (SSSR count). The SMILES string of the molecule is CCNC(CC(C)CC(C)(C)C)C1CCOCC1. The Kier molecular flexibility index (Phi) is 6.65. The van der Waals surface area contributed by atoms with E-state index in [-0.39, 0.29) is 0 Å². The zero-order valence-electron chi connectivity index (χ0n) is 13.1. The second kappa shape index (κ2) is 7.49. The van der Waals surface area contributed by atoms with E-state index < -0.39 is 0 Å². The first-order valence-corrected chi connectivity index (χ1v) is 7.73. The highest BCUT2D eigenvalue weighted by atomic mass is 16.5. The Hall–Kier alpha value is -0.0800. The maximum absolute atomic E-state index is 5.49. The van der Waals surface area contributed by atoms with Crippen molar-refractivity contribution >= 4 is 0 Å². The summed E-state index contributed by atoms with van der Waals surface area (Å²) in [5.74, 6) is 1.62. The lowest BCUT2D eigenvalue weighted by Gasteiger charge is -2.34. The third kappa shape index (κ3) is 6.19. The fraction of sp³-hybridized carbons (Fsp3) is 1.00. The second-order valence-electron chi connectivity index (χ2n) is 7.22. The molecule has 1 saturated heterocycles. The van der Waals surface area contributed by atoms with Crippen molar-refractivity contribution in [1.29, 1.82) is 0 Å². The van der Waals surface area contributed by atoms with E-state index in [1.807, 2.05) is 0 Å². The summed E-state index contributed by atoms with van der Waals surface area (Å²) < 4.78 is 5.49. The Morgan fingerprint density at radius 1 is 1.22 bits per heavy atom. The molecule has 0 aliphatic carbocycles. The number of hydrogen-bond donors (Lipinski definition) is 1. The van der Waals surface area contributed by atoms with Crippen LogP contribution in [0.1, 0.15) is 60.3 Å². The first-order valence-electron chi connectivity index (χ1n) is 7.73. The summed E-state index contributed by atoms with van der Waals surface area (Å²) >= 11 is 0. The van der Waals surface area contributed by atoms with E-state index in [4.69, 9.17) is 4.74 Å². The average molecular weight is 255 g/mol. The molecule has 1 N–H and O–H groups in total. The summed E-state index contributed by atoms with van der Waals surface area (Å²) in [5.41, 5.74) is 0.450. The molecule has 1 heterocycles. The van der Waals surface area contributed by atoms with Crippen LogP contribution >= 0.6 is 0 Å². The molecular formula is C16H33NO. The van der Waals surface area contributed by atoms with E-state index in [9.17, 15) is 0 Å². The van der Waals surface area contributed by atoms with Gasteiger partial charge in [-0.25, -0.2) is 0 Å². The zero-order chi connectivity index (χ0) is 13.6. The van der Waals surface area contributed by atoms with Crippen LogP contribution in [0.5, 0.6) is 0 Å². The van der Waals surface area contributed by atoms with E-state index in [1.54, 1.807) is 0 Å². The van der Waals surface area contributed by atoms with Gasteiger partial charge in [0.1, 0.15) is 0 Å². The van der Waals surface area contributed by atoms with Crippen molar-refractivity contribution < 1.29 is 4.74 Å². The molecule has 1 aliphatic heterocycles. The van der Waals surface area contributed by atoms with E-state index in [0.29, 0.717) is 11.5 Å². The van der Waals surface area contributed by atoms with Crippen LogP contribution in [0.4, 0.5) is 0 Å². The predicted molar refractivity (Wildman–Crippen MR) is 78.9 cm³/mol. The van der Waals surface area contributed by atoms with Gasteiger partial charge in [-0.3, -0.25) is 0 Å². The van der Waals surface area contributed by atoms with Gasteiger partial charge in [0.2, 0.25) is 0 Å². The number of hydrogen-bond acceptors (Lipinski definition) is 2. The van der Waals surface area contributed by atoms with Crippen LogP contribution in [0.2, 0.25) is 0 Å². The van der Waals surface area contributed by atoms with Gasteiger partial charge in [-0.05, 0) is 49.5 Å². The summed E-state index contributed by atoms with van der Waals surface area (Å²) in [4.78, 5) is 0. The van der Waals surface area contributed by atoms with Gasteiger partial charge < -0.3 is 10.1 Å². The minimum atomic E-state index is 0.450. The molecule has 0 spiro atoms. The molecule has 1 aliphatic rings. The van der Waals surface area contributed by atoms with Crippen molar-refractivity contribution in [1.82, 2.24) is 5.32 Å². The predicted octanol–water partition coefficient (Wildman–Crippen LogP) is 3.85. The van der Waals surface area contributed by atoms with Gasteiger partial charge in [-0.15, -0.1) is 0 Å². The van der Waals surface area contributed by atoms with Gasteiger partial charge >= 0.3 is 0 Å². The topological polar surface area (TPSA) is 21.3 Å². The Labute approximate surface area is 114 Å². The molecule has 2 heteroatoms. The third-order valence-electron chi connectivity index (χ3n) is 3.92. The standard InChI is InChI=1S/C16H33NO/c1-6-17-15(14-7-9-18-10-8-14)11-13(2)12-16(3,4)5/h13-15,17H,6-12H2,1-5H3. The van der Waals surface area contributed by atoms with Crippen molar-refractivity contribution in [3.05, 3.63) is 0 Å². The van der Waals surface area contributed by atoms with Crippen molar-refractivity contribution in [2.75, 3.05) is 19.8 Å². The fourth-order valence-electron chi connectivity index (χ4n) is 3.39. The van der Waals surface area contributed by atoms with Crippen LogP contribution in [0.15, 0.2) is 0 Å². The largest absolute Gasteiger partial charge is 0.381 e. The van der Waals surface area contributed by atoms with Crippen LogP contribution in [0, 0.1) is 17.3 Å². The normalized spacial score (nSPS) is 21.8. The van der Waals surface area contributed by atoms with Crippen LogP contribution in [0.25, 0.3) is 0 Å². The van der Waals surface area contributed by atoms with E-state index in [0.717, 1.165) is 31.6 Å². The summed E-state index contributed by atoms with van der Waals surface area (Å²) in [7, 11) is 0. The summed E-state index contributed by atoms with van der Waals surface area (Å²) in [6, 6.07) is 0.691. The summed E-state index contributed by atoms with van der Waals surface area (Å²) in [6.45, 7) is 14.7. The zero-order valence-corrected chi connectivity index (χ0v) is 13.1. The molecule has 0 amide bonds. The lowest BCUT2D eigenvalue weighted by atomic mass is 9.79. The minimum Gasteiger partial charge on any atom is -0.381 e. The smallest absolute Gasteiger partial charge is 0.0469 e. The van der Waals surface area contributed by atoms with E-state index in [2.05, 4.69) is 39.9 Å². The van der Waals surface area contributed by atoms with Crippen LogP contribution in [0.3, 0.4) is 0 Å². The molecule has 0 radical (unpaired) electrons. The quantitative estimate of drug-likeness (QED) is 0.778. The third-order valence-corrected chi connectivity index (χ3v) is 3.92. The fourth-order valence-corrected chi connectivity index (χ4v) is 3.39. The Bertz CT molecular complexity index is 216. The van der Waals surface area contributed by atoms with Gasteiger partial charge in [0.05, 0.1) is 0 Å². The van der Waals surface area contributed by atoms with Gasteiger partial charge in [0.25, 0.3) is 0 Å². The van der Waals surface area contributed by atoms with Crippen molar-refractivity contribution in [3.8, 4) is 0 Å². The van der Waals surface area contributed by atoms with Gasteiger partial charge in [0, 0.05) is 19.3 Å². The van der Waals surface area contributed by atoms with Gasteiger partial charge in [-0.2, -0.15) is 0 Å². The maximum Gasteiger partial charge on any atom is 0.0469 e. The van der Waals surface area contributed by atoms with Gasteiger partial charge in [-0.1, -0.05) is 34.6 Å². The van der Waals surface area contributed by atoms with Crippen LogP contribution in [-0.2, 0) is 4.74 Å². The molecule has 2 nitrogen and oxygen atoms in total.